The SMILES string of the molecule is C[C@@]12CC[C@H](C=C[C@H]1O)C2. The average molecular weight is 138 g/mol. The molecule has 1 nitrogen and oxygen atoms in total. The van der Waals surface area contributed by atoms with Gasteiger partial charge in [-0.3, -0.25) is 0 Å². The van der Waals surface area contributed by atoms with Crippen LogP contribution in [-0.4, -0.2) is 11.2 Å². The van der Waals surface area contributed by atoms with Crippen molar-refractivity contribution in [3.8, 4) is 0 Å². The summed E-state index contributed by atoms with van der Waals surface area (Å²) in [7, 11) is 0. The van der Waals surface area contributed by atoms with E-state index in [0.29, 0.717) is 0 Å². The largest absolute Gasteiger partial charge is 0.388 e. The van der Waals surface area contributed by atoms with E-state index < -0.39 is 0 Å². The molecule has 10 heavy (non-hydrogen) atoms. The van der Waals surface area contributed by atoms with Crippen LogP contribution in [0.5, 0.6) is 0 Å². The Labute approximate surface area is 61.8 Å². The first-order valence-electron chi connectivity index (χ1n) is 4.07. The Morgan fingerprint density at radius 2 is 2.30 bits per heavy atom. The molecule has 0 unspecified atom stereocenters. The van der Waals surface area contributed by atoms with E-state index in [9.17, 15) is 5.11 Å². The van der Waals surface area contributed by atoms with Gasteiger partial charge < -0.3 is 5.11 Å². The first kappa shape index (κ1) is 6.41. The van der Waals surface area contributed by atoms with Crippen molar-refractivity contribution in [2.24, 2.45) is 11.3 Å². The minimum Gasteiger partial charge on any atom is -0.388 e. The third-order valence-electron chi connectivity index (χ3n) is 3.09. The van der Waals surface area contributed by atoms with Crippen LogP contribution in [0.15, 0.2) is 12.2 Å². The van der Waals surface area contributed by atoms with Gasteiger partial charge in [0.15, 0.2) is 0 Å². The first-order valence-corrected chi connectivity index (χ1v) is 4.07. The predicted molar refractivity (Wildman–Crippen MR) is 40.6 cm³/mol. The minimum absolute atomic E-state index is 0.175. The van der Waals surface area contributed by atoms with Crippen LogP contribution < -0.4 is 0 Å². The summed E-state index contributed by atoms with van der Waals surface area (Å²) in [5, 5.41) is 9.57. The maximum Gasteiger partial charge on any atom is 0.0774 e. The highest BCUT2D eigenvalue weighted by Gasteiger charge is 2.41. The van der Waals surface area contributed by atoms with E-state index in [1.165, 1.54) is 19.3 Å². The lowest BCUT2D eigenvalue weighted by atomic mass is 9.79. The summed E-state index contributed by atoms with van der Waals surface area (Å²) in [6.07, 6.45) is 7.66. The molecule has 56 valence electrons. The summed E-state index contributed by atoms with van der Waals surface area (Å²) >= 11 is 0. The zero-order chi connectivity index (χ0) is 7.19. The predicted octanol–water partition coefficient (Wildman–Crippen LogP) is 1.72. The number of hydrogen-bond acceptors (Lipinski definition) is 1. The number of allylic oxidation sites excluding steroid dienone is 1. The van der Waals surface area contributed by atoms with Crippen molar-refractivity contribution in [1.29, 1.82) is 0 Å². The topological polar surface area (TPSA) is 20.2 Å². The summed E-state index contributed by atoms with van der Waals surface area (Å²) in [6, 6.07) is 0. The van der Waals surface area contributed by atoms with Crippen molar-refractivity contribution >= 4 is 0 Å². The highest BCUT2D eigenvalue weighted by Crippen LogP contribution is 2.47. The van der Waals surface area contributed by atoms with E-state index in [4.69, 9.17) is 0 Å². The number of fused-ring (bicyclic) bond motifs is 2. The van der Waals surface area contributed by atoms with Crippen molar-refractivity contribution < 1.29 is 5.11 Å². The summed E-state index contributed by atoms with van der Waals surface area (Å²) in [4.78, 5) is 0. The van der Waals surface area contributed by atoms with E-state index in [1.807, 2.05) is 6.08 Å². The summed E-state index contributed by atoms with van der Waals surface area (Å²) < 4.78 is 0. The quantitative estimate of drug-likeness (QED) is 0.505. The fraction of sp³-hybridized carbons (Fsp3) is 0.778. The fourth-order valence-corrected chi connectivity index (χ4v) is 2.25. The van der Waals surface area contributed by atoms with Crippen LogP contribution in [0.25, 0.3) is 0 Å². The molecule has 1 fully saturated rings. The van der Waals surface area contributed by atoms with E-state index in [0.717, 1.165) is 5.92 Å². The van der Waals surface area contributed by atoms with Crippen LogP contribution in [0.4, 0.5) is 0 Å². The van der Waals surface area contributed by atoms with Crippen LogP contribution in [0.1, 0.15) is 26.2 Å². The smallest absolute Gasteiger partial charge is 0.0774 e. The molecule has 0 aliphatic heterocycles. The second kappa shape index (κ2) is 1.85. The second-order valence-electron chi connectivity index (χ2n) is 3.99. The van der Waals surface area contributed by atoms with Gasteiger partial charge in [-0.15, -0.1) is 0 Å². The van der Waals surface area contributed by atoms with Gasteiger partial charge in [0.1, 0.15) is 0 Å². The van der Waals surface area contributed by atoms with Gasteiger partial charge in [-0.25, -0.2) is 0 Å². The summed E-state index contributed by atoms with van der Waals surface area (Å²) in [5.74, 6) is 0.772. The van der Waals surface area contributed by atoms with Crippen LogP contribution in [-0.2, 0) is 0 Å². The number of aliphatic hydroxyl groups is 1. The van der Waals surface area contributed by atoms with E-state index in [-0.39, 0.29) is 11.5 Å². The van der Waals surface area contributed by atoms with Gasteiger partial charge in [0, 0.05) is 0 Å². The van der Waals surface area contributed by atoms with Gasteiger partial charge in [0.25, 0.3) is 0 Å². The molecule has 0 amide bonds. The molecule has 0 heterocycles. The Balaban J connectivity index is 2.29. The van der Waals surface area contributed by atoms with Gasteiger partial charge in [-0.05, 0) is 30.6 Å². The third-order valence-corrected chi connectivity index (χ3v) is 3.09. The fourth-order valence-electron chi connectivity index (χ4n) is 2.25. The Morgan fingerprint density at radius 1 is 1.50 bits per heavy atom. The Bertz CT molecular complexity index is 174. The second-order valence-corrected chi connectivity index (χ2v) is 3.99. The lowest BCUT2D eigenvalue weighted by Crippen LogP contribution is -2.29. The van der Waals surface area contributed by atoms with Gasteiger partial charge in [0.05, 0.1) is 6.10 Å². The van der Waals surface area contributed by atoms with Gasteiger partial charge in [-0.1, -0.05) is 19.1 Å². The van der Waals surface area contributed by atoms with Crippen molar-refractivity contribution in [1.82, 2.24) is 0 Å². The molecule has 2 aliphatic carbocycles. The zero-order valence-electron chi connectivity index (χ0n) is 6.38. The van der Waals surface area contributed by atoms with Gasteiger partial charge >= 0.3 is 0 Å². The van der Waals surface area contributed by atoms with Crippen LogP contribution >= 0.6 is 0 Å². The lowest BCUT2D eigenvalue weighted by Gasteiger charge is -2.30. The Kier molecular flexibility index (Phi) is 1.19. The molecule has 2 bridgehead atoms. The molecule has 3 atom stereocenters. The van der Waals surface area contributed by atoms with Crippen molar-refractivity contribution in [2.75, 3.05) is 0 Å². The molecule has 2 aliphatic rings. The standard InChI is InChI=1S/C9H14O/c1-9-5-4-7(6-9)2-3-8(9)10/h2-3,7-8,10H,4-6H2,1H3/t7-,8+,9-/m0/s1. The Morgan fingerprint density at radius 3 is 3.00 bits per heavy atom. The molecule has 0 aromatic carbocycles. The maximum atomic E-state index is 9.57. The van der Waals surface area contributed by atoms with Crippen LogP contribution in [0.3, 0.4) is 0 Å². The highest BCUT2D eigenvalue weighted by molar-refractivity contribution is 5.11. The molecule has 0 aromatic heterocycles. The number of hydrogen-bond donors (Lipinski definition) is 1. The van der Waals surface area contributed by atoms with Crippen LogP contribution in [0, 0.1) is 11.3 Å². The van der Waals surface area contributed by atoms with Gasteiger partial charge in [-0.2, -0.15) is 0 Å². The molecule has 0 aromatic rings. The van der Waals surface area contributed by atoms with Crippen molar-refractivity contribution in [3.63, 3.8) is 0 Å². The first-order chi connectivity index (χ1) is 4.71. The molecular weight excluding hydrogens is 124 g/mol. The number of aliphatic hydroxyl groups excluding tert-OH is 1. The normalized spacial score (nSPS) is 51.8. The van der Waals surface area contributed by atoms with Crippen molar-refractivity contribution in [3.05, 3.63) is 12.2 Å². The maximum absolute atomic E-state index is 9.57. The molecule has 0 spiro atoms. The van der Waals surface area contributed by atoms with E-state index in [1.54, 1.807) is 0 Å². The molecule has 0 radical (unpaired) electrons. The number of rotatable bonds is 0. The molecule has 2 rings (SSSR count). The molecule has 0 saturated heterocycles. The zero-order valence-corrected chi connectivity index (χ0v) is 6.38. The van der Waals surface area contributed by atoms with Crippen molar-refractivity contribution in [2.45, 2.75) is 32.3 Å². The molecule has 1 heteroatoms. The monoisotopic (exact) mass is 138 g/mol. The van der Waals surface area contributed by atoms with Gasteiger partial charge in [0.2, 0.25) is 0 Å². The highest BCUT2D eigenvalue weighted by atomic mass is 16.3. The average Bonchev–Trinajstić information content (AvgIpc) is 2.22. The summed E-state index contributed by atoms with van der Waals surface area (Å²) in [6.45, 7) is 2.20. The summed E-state index contributed by atoms with van der Waals surface area (Å²) in [5.41, 5.74) is 0.222. The molecule has 1 saturated carbocycles. The van der Waals surface area contributed by atoms with E-state index >= 15 is 0 Å². The Hall–Kier alpha value is -0.300. The molecule has 1 N–H and O–H groups in total. The van der Waals surface area contributed by atoms with E-state index in [2.05, 4.69) is 13.0 Å². The van der Waals surface area contributed by atoms with Crippen LogP contribution in [0.2, 0.25) is 0 Å². The third kappa shape index (κ3) is 0.734. The lowest BCUT2D eigenvalue weighted by molar-refractivity contribution is 0.0740. The molecular formula is C9H14O. The minimum atomic E-state index is -0.175.